The van der Waals surface area contributed by atoms with E-state index in [1.807, 2.05) is 0 Å². The Morgan fingerprint density at radius 1 is 0.913 bits per heavy atom. The van der Waals surface area contributed by atoms with Gasteiger partial charge in [0, 0.05) is 24.3 Å². The number of non-ortho nitro benzene ring substituents is 2. The summed E-state index contributed by atoms with van der Waals surface area (Å²) in [5, 5.41) is 23.7. The van der Waals surface area contributed by atoms with Crippen LogP contribution < -0.4 is 5.32 Å². The van der Waals surface area contributed by atoms with E-state index in [-0.39, 0.29) is 32.7 Å². The van der Waals surface area contributed by atoms with Gasteiger partial charge in [0.25, 0.3) is 17.3 Å². The van der Waals surface area contributed by atoms with Crippen molar-refractivity contribution < 1.29 is 14.6 Å². The van der Waals surface area contributed by atoms with E-state index >= 15 is 0 Å². The van der Waals surface area contributed by atoms with Crippen LogP contribution in [0.5, 0.6) is 0 Å². The van der Waals surface area contributed by atoms with E-state index in [1.165, 1.54) is 18.2 Å². The molecule has 0 aromatic heterocycles. The smallest absolute Gasteiger partial charge is 0.271 e. The number of carbonyl (C=O) groups is 1. The van der Waals surface area contributed by atoms with Gasteiger partial charge < -0.3 is 5.32 Å². The molecule has 2 aromatic rings. The van der Waals surface area contributed by atoms with E-state index in [1.54, 1.807) is 0 Å². The minimum absolute atomic E-state index is 0.0279. The fourth-order valence-electron chi connectivity index (χ4n) is 1.71. The summed E-state index contributed by atoms with van der Waals surface area (Å²) in [5.41, 5.74) is -0.514. The van der Waals surface area contributed by atoms with E-state index in [9.17, 15) is 25.0 Å². The first-order chi connectivity index (χ1) is 10.8. The molecule has 0 unspecified atom stereocenters. The van der Waals surface area contributed by atoms with Gasteiger partial charge in [-0.25, -0.2) is 0 Å². The van der Waals surface area contributed by atoms with Crippen LogP contribution in [0.15, 0.2) is 36.4 Å². The highest BCUT2D eigenvalue weighted by Gasteiger charge is 2.17. The molecule has 0 aliphatic heterocycles. The SMILES string of the molecule is O=C(Nc1cc([N+](=O)[O-])ccc1Cl)c1ccc([N+](=O)[O-])cc1Cl. The largest absolute Gasteiger partial charge is 0.320 e. The first kappa shape index (κ1) is 16.7. The van der Waals surface area contributed by atoms with Gasteiger partial charge in [-0.15, -0.1) is 0 Å². The van der Waals surface area contributed by atoms with Gasteiger partial charge in [-0.2, -0.15) is 0 Å². The second-order valence-electron chi connectivity index (χ2n) is 4.30. The molecule has 23 heavy (non-hydrogen) atoms. The highest BCUT2D eigenvalue weighted by atomic mass is 35.5. The van der Waals surface area contributed by atoms with Gasteiger partial charge >= 0.3 is 0 Å². The number of benzene rings is 2. The third-order valence-corrected chi connectivity index (χ3v) is 3.46. The van der Waals surface area contributed by atoms with E-state index in [4.69, 9.17) is 23.2 Å². The Labute approximate surface area is 138 Å². The van der Waals surface area contributed by atoms with Crippen molar-refractivity contribution in [2.24, 2.45) is 0 Å². The van der Waals surface area contributed by atoms with Gasteiger partial charge in [0.15, 0.2) is 0 Å². The Kier molecular flexibility index (Phi) is 4.77. The molecule has 1 N–H and O–H groups in total. The zero-order valence-electron chi connectivity index (χ0n) is 11.2. The van der Waals surface area contributed by atoms with Gasteiger partial charge in [-0.1, -0.05) is 23.2 Å². The predicted octanol–water partition coefficient (Wildman–Crippen LogP) is 4.06. The lowest BCUT2D eigenvalue weighted by Gasteiger charge is -2.08. The molecule has 1 amide bonds. The molecule has 0 fully saturated rings. The highest BCUT2D eigenvalue weighted by Crippen LogP contribution is 2.28. The third-order valence-electron chi connectivity index (χ3n) is 2.82. The molecule has 0 saturated heterocycles. The maximum absolute atomic E-state index is 12.2. The van der Waals surface area contributed by atoms with Gasteiger partial charge in [-0.3, -0.25) is 25.0 Å². The lowest BCUT2D eigenvalue weighted by molar-refractivity contribution is -0.385. The Morgan fingerprint density at radius 2 is 1.48 bits per heavy atom. The van der Waals surface area contributed by atoms with Gasteiger partial charge in [0.2, 0.25) is 0 Å². The van der Waals surface area contributed by atoms with Crippen LogP contribution in [-0.4, -0.2) is 15.8 Å². The summed E-state index contributed by atoms with van der Waals surface area (Å²) in [5.74, 6) is -0.702. The van der Waals surface area contributed by atoms with Crippen molar-refractivity contribution in [1.82, 2.24) is 0 Å². The Balaban J connectivity index is 2.31. The number of nitro benzene ring substituents is 2. The number of nitrogens with zero attached hydrogens (tertiary/aromatic N) is 2. The molecule has 2 rings (SSSR count). The summed E-state index contributed by atoms with van der Waals surface area (Å²) in [6.45, 7) is 0. The first-order valence-electron chi connectivity index (χ1n) is 5.99. The summed E-state index contributed by atoms with van der Waals surface area (Å²) in [6.07, 6.45) is 0. The number of hydrogen-bond acceptors (Lipinski definition) is 5. The number of carbonyl (C=O) groups excluding carboxylic acids is 1. The zero-order chi connectivity index (χ0) is 17.1. The number of hydrogen-bond donors (Lipinski definition) is 1. The van der Waals surface area contributed by atoms with Crippen molar-refractivity contribution >= 4 is 46.2 Å². The van der Waals surface area contributed by atoms with Crippen LogP contribution in [0.1, 0.15) is 10.4 Å². The number of nitrogens with one attached hydrogen (secondary N) is 1. The molecule has 118 valence electrons. The molecular weight excluding hydrogens is 349 g/mol. The van der Waals surface area contributed by atoms with Crippen LogP contribution in [-0.2, 0) is 0 Å². The lowest BCUT2D eigenvalue weighted by Crippen LogP contribution is -2.13. The van der Waals surface area contributed by atoms with Gasteiger partial charge in [0.05, 0.1) is 31.1 Å². The summed E-state index contributed by atoms with van der Waals surface area (Å²) >= 11 is 11.7. The number of rotatable bonds is 4. The van der Waals surface area contributed by atoms with Crippen LogP contribution >= 0.6 is 23.2 Å². The Hall–Kier alpha value is -2.71. The van der Waals surface area contributed by atoms with E-state index in [0.29, 0.717) is 0 Å². The number of amides is 1. The van der Waals surface area contributed by atoms with Gasteiger partial charge in [-0.05, 0) is 12.1 Å². The normalized spacial score (nSPS) is 10.2. The average Bonchev–Trinajstić information content (AvgIpc) is 2.48. The summed E-state index contributed by atoms with van der Waals surface area (Å²) in [7, 11) is 0. The van der Waals surface area contributed by atoms with Crippen molar-refractivity contribution in [1.29, 1.82) is 0 Å². The van der Waals surface area contributed by atoms with E-state index < -0.39 is 15.8 Å². The van der Waals surface area contributed by atoms with Gasteiger partial charge in [0.1, 0.15) is 0 Å². The van der Waals surface area contributed by atoms with E-state index in [0.717, 1.165) is 18.2 Å². The molecule has 0 heterocycles. The fraction of sp³-hybridized carbons (Fsp3) is 0. The summed E-state index contributed by atoms with van der Waals surface area (Å²) in [6, 6.07) is 6.89. The first-order valence-corrected chi connectivity index (χ1v) is 6.74. The number of halogens is 2. The minimum Gasteiger partial charge on any atom is -0.320 e. The number of nitro groups is 2. The zero-order valence-corrected chi connectivity index (χ0v) is 12.7. The monoisotopic (exact) mass is 355 g/mol. The number of anilines is 1. The van der Waals surface area contributed by atoms with E-state index in [2.05, 4.69) is 5.32 Å². The molecular formula is C13H7Cl2N3O5. The minimum atomic E-state index is -0.702. The van der Waals surface area contributed by atoms with Crippen molar-refractivity contribution in [2.45, 2.75) is 0 Å². The summed E-state index contributed by atoms with van der Waals surface area (Å²) in [4.78, 5) is 32.3. The molecule has 10 heteroatoms. The Morgan fingerprint density at radius 3 is 2.04 bits per heavy atom. The van der Waals surface area contributed by atoms with Crippen molar-refractivity contribution in [3.63, 3.8) is 0 Å². The topological polar surface area (TPSA) is 115 Å². The maximum Gasteiger partial charge on any atom is 0.271 e. The van der Waals surface area contributed by atoms with Crippen LogP contribution in [0.25, 0.3) is 0 Å². The average molecular weight is 356 g/mol. The van der Waals surface area contributed by atoms with Crippen molar-refractivity contribution in [2.75, 3.05) is 5.32 Å². The molecule has 0 saturated carbocycles. The molecule has 0 aliphatic rings. The highest BCUT2D eigenvalue weighted by molar-refractivity contribution is 6.36. The molecule has 0 aliphatic carbocycles. The van der Waals surface area contributed by atoms with Crippen LogP contribution in [0.4, 0.5) is 17.1 Å². The van der Waals surface area contributed by atoms with Crippen LogP contribution in [0, 0.1) is 20.2 Å². The Bertz CT molecular complexity index is 825. The standard InChI is InChI=1S/C13H7Cl2N3O5/c14-10-4-2-8(18(22)23)6-12(10)16-13(19)9-3-1-7(17(20)21)5-11(9)15/h1-6H,(H,16,19). The van der Waals surface area contributed by atoms with Crippen molar-refractivity contribution in [3.05, 3.63) is 72.2 Å². The quantitative estimate of drug-likeness (QED) is 0.655. The molecule has 0 atom stereocenters. The fourth-order valence-corrected chi connectivity index (χ4v) is 2.14. The molecule has 0 spiro atoms. The lowest BCUT2D eigenvalue weighted by atomic mass is 10.2. The predicted molar refractivity (Wildman–Crippen MR) is 84.2 cm³/mol. The van der Waals surface area contributed by atoms with Crippen LogP contribution in [0.3, 0.4) is 0 Å². The molecule has 0 bridgehead atoms. The molecule has 2 aromatic carbocycles. The summed E-state index contributed by atoms with van der Waals surface area (Å²) < 4.78 is 0. The molecule has 8 nitrogen and oxygen atoms in total. The maximum atomic E-state index is 12.2. The molecule has 0 radical (unpaired) electrons. The third kappa shape index (κ3) is 3.74. The second kappa shape index (κ2) is 6.59. The van der Waals surface area contributed by atoms with Crippen molar-refractivity contribution in [3.8, 4) is 0 Å². The van der Waals surface area contributed by atoms with Crippen LogP contribution in [0.2, 0.25) is 10.0 Å². The second-order valence-corrected chi connectivity index (χ2v) is 5.11.